The Bertz CT molecular complexity index is 462. The zero-order chi connectivity index (χ0) is 15.2. The van der Waals surface area contributed by atoms with Crippen molar-refractivity contribution in [3.8, 4) is 0 Å². The molecule has 1 aromatic carbocycles. The van der Waals surface area contributed by atoms with Crippen LogP contribution in [0.5, 0.6) is 0 Å². The van der Waals surface area contributed by atoms with Gasteiger partial charge in [0.05, 0.1) is 0 Å². The summed E-state index contributed by atoms with van der Waals surface area (Å²) in [5.41, 5.74) is 1.83. The Balaban J connectivity index is 1.70. The van der Waals surface area contributed by atoms with Gasteiger partial charge in [-0.05, 0) is 49.8 Å². The fourth-order valence-electron chi connectivity index (χ4n) is 3.40. The van der Waals surface area contributed by atoms with E-state index in [0.29, 0.717) is 0 Å². The molecule has 2 rings (SSSR count). The molecule has 1 aliphatic heterocycles. The van der Waals surface area contributed by atoms with Crippen molar-refractivity contribution in [2.45, 2.75) is 33.6 Å². The molecule has 1 saturated heterocycles. The Morgan fingerprint density at radius 1 is 1.24 bits per heavy atom. The average Bonchev–Trinajstić information content (AvgIpc) is 2.43. The minimum atomic E-state index is 0.0495. The van der Waals surface area contributed by atoms with Crippen molar-refractivity contribution in [1.29, 1.82) is 0 Å². The molecule has 3 nitrogen and oxygen atoms in total. The van der Waals surface area contributed by atoms with Crippen LogP contribution >= 0.6 is 0 Å². The molecule has 1 N–H and O–H groups in total. The van der Waals surface area contributed by atoms with Crippen LogP contribution in [-0.4, -0.2) is 37.0 Å². The molecule has 3 heteroatoms. The van der Waals surface area contributed by atoms with E-state index in [4.69, 9.17) is 0 Å². The van der Waals surface area contributed by atoms with Crippen molar-refractivity contribution in [3.63, 3.8) is 0 Å². The van der Waals surface area contributed by atoms with Crippen molar-refractivity contribution in [3.05, 3.63) is 35.4 Å². The highest BCUT2D eigenvalue weighted by Crippen LogP contribution is 2.20. The third-order valence-electron chi connectivity index (χ3n) is 4.27. The zero-order valence-corrected chi connectivity index (χ0v) is 13.6. The summed E-state index contributed by atoms with van der Waals surface area (Å²) < 4.78 is 0. The molecule has 116 valence electrons. The Labute approximate surface area is 128 Å². The predicted octanol–water partition coefficient (Wildman–Crippen LogP) is 3.09. The second-order valence-electron chi connectivity index (χ2n) is 6.63. The molecule has 1 aliphatic rings. The summed E-state index contributed by atoms with van der Waals surface area (Å²) in [4.78, 5) is 14.6. The van der Waals surface area contributed by atoms with Gasteiger partial charge in [0.15, 0.2) is 0 Å². The normalized spacial score (nSPS) is 23.0. The lowest BCUT2D eigenvalue weighted by molar-refractivity contribution is 0.0946. The molecule has 1 heterocycles. The van der Waals surface area contributed by atoms with Crippen molar-refractivity contribution >= 4 is 5.91 Å². The summed E-state index contributed by atoms with van der Waals surface area (Å²) in [6.45, 7) is 10.9. The van der Waals surface area contributed by atoms with E-state index in [-0.39, 0.29) is 5.91 Å². The molecule has 1 fully saturated rings. The molecule has 0 aromatic heterocycles. The molecule has 0 radical (unpaired) electrons. The average molecular weight is 288 g/mol. The van der Waals surface area contributed by atoms with Gasteiger partial charge in [0.1, 0.15) is 0 Å². The zero-order valence-electron chi connectivity index (χ0n) is 13.6. The van der Waals surface area contributed by atoms with E-state index >= 15 is 0 Å². The number of nitrogens with zero attached hydrogens (tertiary/aromatic N) is 1. The lowest BCUT2D eigenvalue weighted by Gasteiger charge is -2.34. The van der Waals surface area contributed by atoms with E-state index in [9.17, 15) is 4.79 Å². The van der Waals surface area contributed by atoms with Crippen LogP contribution in [0.25, 0.3) is 0 Å². The molecule has 1 amide bonds. The molecule has 0 spiro atoms. The number of amides is 1. The second kappa shape index (κ2) is 7.60. The van der Waals surface area contributed by atoms with Gasteiger partial charge in [-0.25, -0.2) is 0 Å². The predicted molar refractivity (Wildman–Crippen MR) is 87.5 cm³/mol. The van der Waals surface area contributed by atoms with Crippen molar-refractivity contribution in [2.75, 3.05) is 26.2 Å². The van der Waals surface area contributed by atoms with Crippen LogP contribution in [0.3, 0.4) is 0 Å². The monoisotopic (exact) mass is 288 g/mol. The van der Waals surface area contributed by atoms with Gasteiger partial charge in [-0.15, -0.1) is 0 Å². The van der Waals surface area contributed by atoms with Crippen LogP contribution in [-0.2, 0) is 0 Å². The van der Waals surface area contributed by atoms with Gasteiger partial charge in [-0.3, -0.25) is 4.79 Å². The minimum absolute atomic E-state index is 0.0495. The lowest BCUT2D eigenvalue weighted by Crippen LogP contribution is -2.40. The fourth-order valence-corrected chi connectivity index (χ4v) is 3.40. The standard InChI is InChI=1S/C18H28N2O/c1-14-11-15(2)13-20(12-14)10-6-9-19-18(21)17-8-5-4-7-16(17)3/h4-5,7-8,14-15H,6,9-13H2,1-3H3,(H,19,21)/t14-,15+. The fraction of sp³-hybridized carbons (Fsp3) is 0.611. The molecule has 1 aromatic rings. The first kappa shape index (κ1) is 16.0. The van der Waals surface area contributed by atoms with Crippen LogP contribution in [0, 0.1) is 18.8 Å². The number of likely N-dealkylation sites (tertiary alicyclic amines) is 1. The summed E-state index contributed by atoms with van der Waals surface area (Å²) in [6, 6.07) is 7.74. The van der Waals surface area contributed by atoms with Gasteiger partial charge in [0.2, 0.25) is 0 Å². The maximum atomic E-state index is 12.1. The summed E-state index contributed by atoms with van der Waals surface area (Å²) in [6.07, 6.45) is 2.37. The minimum Gasteiger partial charge on any atom is -0.352 e. The SMILES string of the molecule is Cc1ccccc1C(=O)NCCCN1C[C@H](C)C[C@H](C)C1. The number of rotatable bonds is 5. The van der Waals surface area contributed by atoms with E-state index in [1.165, 1.54) is 19.5 Å². The lowest BCUT2D eigenvalue weighted by atomic mass is 9.92. The largest absolute Gasteiger partial charge is 0.352 e. The molecule has 0 unspecified atom stereocenters. The Kier molecular flexibility index (Phi) is 5.80. The summed E-state index contributed by atoms with van der Waals surface area (Å²) in [7, 11) is 0. The van der Waals surface area contributed by atoms with Crippen molar-refractivity contribution in [1.82, 2.24) is 10.2 Å². The number of nitrogens with one attached hydrogen (secondary N) is 1. The number of carbonyl (C=O) groups excluding carboxylic acids is 1. The number of benzene rings is 1. The maximum absolute atomic E-state index is 12.1. The molecule has 0 aliphatic carbocycles. The molecular formula is C18H28N2O. The Hall–Kier alpha value is -1.35. The number of hydrogen-bond donors (Lipinski definition) is 1. The van der Waals surface area contributed by atoms with Crippen molar-refractivity contribution < 1.29 is 4.79 Å². The van der Waals surface area contributed by atoms with Crippen molar-refractivity contribution in [2.24, 2.45) is 11.8 Å². The van der Waals surface area contributed by atoms with Crippen LogP contribution in [0.2, 0.25) is 0 Å². The maximum Gasteiger partial charge on any atom is 0.251 e. The van der Waals surface area contributed by atoms with Crippen LogP contribution in [0.1, 0.15) is 42.6 Å². The highest BCUT2D eigenvalue weighted by Gasteiger charge is 2.21. The summed E-state index contributed by atoms with van der Waals surface area (Å²) in [5, 5.41) is 3.04. The highest BCUT2D eigenvalue weighted by molar-refractivity contribution is 5.95. The first-order valence-electron chi connectivity index (χ1n) is 8.12. The van der Waals surface area contributed by atoms with Gasteiger partial charge in [-0.2, -0.15) is 0 Å². The van der Waals surface area contributed by atoms with Gasteiger partial charge >= 0.3 is 0 Å². The van der Waals surface area contributed by atoms with Gasteiger partial charge in [0, 0.05) is 25.2 Å². The number of carbonyl (C=O) groups is 1. The van der Waals surface area contributed by atoms with Gasteiger partial charge in [-0.1, -0.05) is 32.0 Å². The number of hydrogen-bond acceptors (Lipinski definition) is 2. The Morgan fingerprint density at radius 2 is 1.90 bits per heavy atom. The third kappa shape index (κ3) is 4.85. The molecular weight excluding hydrogens is 260 g/mol. The third-order valence-corrected chi connectivity index (χ3v) is 4.27. The quantitative estimate of drug-likeness (QED) is 0.844. The van der Waals surface area contributed by atoms with E-state index in [2.05, 4.69) is 24.1 Å². The topological polar surface area (TPSA) is 32.3 Å². The molecule has 21 heavy (non-hydrogen) atoms. The highest BCUT2D eigenvalue weighted by atomic mass is 16.1. The summed E-state index contributed by atoms with van der Waals surface area (Å²) in [5.74, 6) is 1.65. The van der Waals surface area contributed by atoms with E-state index in [1.54, 1.807) is 0 Å². The number of aryl methyl sites for hydroxylation is 1. The summed E-state index contributed by atoms with van der Waals surface area (Å²) >= 11 is 0. The van der Waals surface area contributed by atoms with E-state index < -0.39 is 0 Å². The Morgan fingerprint density at radius 3 is 2.57 bits per heavy atom. The van der Waals surface area contributed by atoms with Crippen LogP contribution < -0.4 is 5.32 Å². The first-order valence-corrected chi connectivity index (χ1v) is 8.12. The van der Waals surface area contributed by atoms with E-state index in [1.807, 2.05) is 31.2 Å². The number of piperidine rings is 1. The smallest absolute Gasteiger partial charge is 0.251 e. The second-order valence-corrected chi connectivity index (χ2v) is 6.63. The van der Waals surface area contributed by atoms with Gasteiger partial charge < -0.3 is 10.2 Å². The first-order chi connectivity index (χ1) is 10.1. The van der Waals surface area contributed by atoms with Gasteiger partial charge in [0.25, 0.3) is 5.91 Å². The molecule has 2 atom stereocenters. The van der Waals surface area contributed by atoms with Crippen LogP contribution in [0.4, 0.5) is 0 Å². The van der Waals surface area contributed by atoms with Crippen LogP contribution in [0.15, 0.2) is 24.3 Å². The molecule has 0 bridgehead atoms. The molecule has 0 saturated carbocycles. The van der Waals surface area contributed by atoms with E-state index in [0.717, 1.165) is 42.5 Å².